The molecule has 0 amide bonds. The Kier molecular flexibility index (Phi) is 8.79. The highest BCUT2D eigenvalue weighted by Crippen LogP contribution is 2.17. The third kappa shape index (κ3) is 7.95. The highest BCUT2D eigenvalue weighted by molar-refractivity contribution is 7.90. The van der Waals surface area contributed by atoms with Crippen LogP contribution in [0, 0.1) is 0 Å². The van der Waals surface area contributed by atoms with Gasteiger partial charge in [0.1, 0.15) is 12.4 Å². The first-order valence-corrected chi connectivity index (χ1v) is 11.7. The Hall–Kier alpha value is -2.25. The van der Waals surface area contributed by atoms with Crippen molar-refractivity contribution >= 4 is 27.4 Å². The zero-order valence-electron chi connectivity index (χ0n) is 17.1. The number of benzene rings is 2. The lowest BCUT2D eigenvalue weighted by atomic mass is 10.1. The molecule has 2 rings (SSSR count). The zero-order valence-corrected chi connectivity index (χ0v) is 18.6. The van der Waals surface area contributed by atoms with Crippen molar-refractivity contribution in [2.24, 2.45) is 4.99 Å². The summed E-state index contributed by atoms with van der Waals surface area (Å²) >= 11 is 5.97. The summed E-state index contributed by atoms with van der Waals surface area (Å²) in [5, 5.41) is 3.92. The van der Waals surface area contributed by atoms with E-state index in [9.17, 15) is 8.42 Å². The van der Waals surface area contributed by atoms with Crippen LogP contribution in [0.2, 0.25) is 5.02 Å². The van der Waals surface area contributed by atoms with E-state index in [0.29, 0.717) is 29.6 Å². The molecule has 0 aliphatic rings. The van der Waals surface area contributed by atoms with Crippen LogP contribution in [-0.4, -0.2) is 58.8 Å². The number of aliphatic imine (C=N–C) groups is 1. The van der Waals surface area contributed by atoms with Crippen LogP contribution in [0.3, 0.4) is 0 Å². The van der Waals surface area contributed by atoms with Gasteiger partial charge in [-0.15, -0.1) is 0 Å². The second-order valence-corrected chi connectivity index (χ2v) is 9.08. The van der Waals surface area contributed by atoms with Gasteiger partial charge in [-0.3, -0.25) is 4.99 Å². The number of hydrogen-bond donors (Lipinski definition) is 1. The van der Waals surface area contributed by atoms with Crippen molar-refractivity contribution in [1.82, 2.24) is 10.2 Å². The van der Waals surface area contributed by atoms with Crippen LogP contribution in [0.5, 0.6) is 5.75 Å². The van der Waals surface area contributed by atoms with Gasteiger partial charge in [0.25, 0.3) is 0 Å². The van der Waals surface area contributed by atoms with Gasteiger partial charge in [-0.25, -0.2) is 8.42 Å². The number of sulfone groups is 1. The van der Waals surface area contributed by atoms with Crippen molar-refractivity contribution in [3.63, 3.8) is 0 Å². The van der Waals surface area contributed by atoms with E-state index in [4.69, 9.17) is 16.3 Å². The Labute approximate surface area is 178 Å². The molecule has 0 fully saturated rings. The molecule has 0 aliphatic carbocycles. The van der Waals surface area contributed by atoms with E-state index < -0.39 is 9.84 Å². The van der Waals surface area contributed by atoms with Crippen molar-refractivity contribution in [2.45, 2.75) is 18.2 Å². The predicted octanol–water partition coefficient (Wildman–Crippen LogP) is 3.26. The third-order valence-electron chi connectivity index (χ3n) is 4.20. The minimum absolute atomic E-state index is 0.331. The number of nitrogens with zero attached hydrogens (tertiary/aromatic N) is 2. The lowest BCUT2D eigenvalue weighted by Crippen LogP contribution is -2.41. The summed E-state index contributed by atoms with van der Waals surface area (Å²) in [6.07, 6.45) is 1.94. The van der Waals surface area contributed by atoms with Crippen molar-refractivity contribution < 1.29 is 13.2 Å². The summed E-state index contributed by atoms with van der Waals surface area (Å²) in [5.41, 5.74) is 1.05. The van der Waals surface area contributed by atoms with Crippen LogP contribution in [-0.2, 0) is 16.3 Å². The molecule has 0 saturated heterocycles. The lowest BCUT2D eigenvalue weighted by Gasteiger charge is -2.22. The molecule has 0 saturated carbocycles. The van der Waals surface area contributed by atoms with E-state index in [1.54, 1.807) is 18.2 Å². The average molecular weight is 438 g/mol. The summed E-state index contributed by atoms with van der Waals surface area (Å²) < 4.78 is 28.8. The maximum Gasteiger partial charge on any atom is 0.193 e. The average Bonchev–Trinajstić information content (AvgIpc) is 2.67. The second-order valence-electron chi connectivity index (χ2n) is 6.63. The number of hydrogen-bond acceptors (Lipinski definition) is 4. The summed E-state index contributed by atoms with van der Waals surface area (Å²) in [7, 11) is -1.20. The molecule has 0 aliphatic heterocycles. The number of guanidine groups is 1. The fourth-order valence-corrected chi connectivity index (χ4v) is 3.44. The summed E-state index contributed by atoms with van der Waals surface area (Å²) in [4.78, 5) is 7.00. The van der Waals surface area contributed by atoms with Crippen LogP contribution in [0.25, 0.3) is 0 Å². The molecule has 0 bridgehead atoms. The normalized spacial score (nSPS) is 11.9. The Balaban J connectivity index is 1.87. The molecule has 8 heteroatoms. The van der Waals surface area contributed by atoms with Crippen LogP contribution >= 0.6 is 11.6 Å². The minimum Gasteiger partial charge on any atom is -0.492 e. The molecule has 0 aromatic heterocycles. The first kappa shape index (κ1) is 23.0. The highest BCUT2D eigenvalue weighted by Gasteiger charge is 2.07. The number of rotatable bonds is 9. The molecule has 6 nitrogen and oxygen atoms in total. The Morgan fingerprint density at radius 3 is 2.55 bits per heavy atom. The van der Waals surface area contributed by atoms with Gasteiger partial charge < -0.3 is 15.0 Å². The van der Waals surface area contributed by atoms with Crippen LogP contribution in [0.1, 0.15) is 12.5 Å². The van der Waals surface area contributed by atoms with Gasteiger partial charge in [0.05, 0.1) is 11.4 Å². The highest BCUT2D eigenvalue weighted by atomic mass is 35.5. The van der Waals surface area contributed by atoms with Gasteiger partial charge in [-0.1, -0.05) is 29.8 Å². The molecule has 0 heterocycles. The standard InChI is InChI=1S/C21H28ClN3O3S/c1-4-23-21(25(2)14-15-28-19-7-5-6-18(22)16-19)24-13-12-17-8-10-20(11-9-17)29(3,26)27/h5-11,16H,4,12-15H2,1-3H3,(H,23,24). The van der Waals surface area contributed by atoms with E-state index in [0.717, 1.165) is 30.2 Å². The Morgan fingerprint density at radius 1 is 1.21 bits per heavy atom. The SMILES string of the molecule is CCNC(=NCCc1ccc(S(C)(=O)=O)cc1)N(C)CCOc1cccc(Cl)c1. The third-order valence-corrected chi connectivity index (χ3v) is 5.57. The molecule has 0 spiro atoms. The minimum atomic E-state index is -3.17. The van der Waals surface area contributed by atoms with Gasteiger partial charge in [0, 0.05) is 31.4 Å². The van der Waals surface area contributed by atoms with Crippen LogP contribution in [0.15, 0.2) is 58.4 Å². The van der Waals surface area contributed by atoms with Crippen molar-refractivity contribution in [3.05, 3.63) is 59.1 Å². The molecular weight excluding hydrogens is 410 g/mol. The Bertz CT molecular complexity index is 915. The predicted molar refractivity (Wildman–Crippen MR) is 119 cm³/mol. The maximum atomic E-state index is 11.5. The fraction of sp³-hybridized carbons (Fsp3) is 0.381. The fourth-order valence-electron chi connectivity index (χ4n) is 2.63. The molecule has 0 unspecified atom stereocenters. The van der Waals surface area contributed by atoms with E-state index in [1.807, 2.05) is 49.2 Å². The van der Waals surface area contributed by atoms with Gasteiger partial charge >= 0.3 is 0 Å². The van der Waals surface area contributed by atoms with Crippen molar-refractivity contribution in [1.29, 1.82) is 0 Å². The van der Waals surface area contributed by atoms with Gasteiger partial charge in [0.2, 0.25) is 0 Å². The smallest absolute Gasteiger partial charge is 0.193 e. The van der Waals surface area contributed by atoms with Crippen molar-refractivity contribution in [3.8, 4) is 5.75 Å². The molecule has 1 N–H and O–H groups in total. The Morgan fingerprint density at radius 2 is 1.93 bits per heavy atom. The summed E-state index contributed by atoms with van der Waals surface area (Å²) in [6.45, 7) is 4.56. The zero-order chi connectivity index (χ0) is 21.3. The van der Waals surface area contributed by atoms with E-state index in [2.05, 4.69) is 10.3 Å². The number of nitrogens with one attached hydrogen (secondary N) is 1. The first-order chi connectivity index (χ1) is 13.8. The van der Waals surface area contributed by atoms with Crippen molar-refractivity contribution in [2.75, 3.05) is 39.5 Å². The van der Waals surface area contributed by atoms with Gasteiger partial charge in [-0.05, 0) is 49.2 Å². The van der Waals surface area contributed by atoms with E-state index in [1.165, 1.54) is 6.26 Å². The summed E-state index contributed by atoms with van der Waals surface area (Å²) in [6, 6.07) is 14.3. The molecule has 158 valence electrons. The molecule has 0 radical (unpaired) electrons. The first-order valence-electron chi connectivity index (χ1n) is 9.46. The summed E-state index contributed by atoms with van der Waals surface area (Å²) in [5.74, 6) is 1.54. The number of halogens is 1. The molecule has 0 atom stereocenters. The molecule has 2 aromatic rings. The number of ether oxygens (including phenoxy) is 1. The molecule has 29 heavy (non-hydrogen) atoms. The quantitative estimate of drug-likeness (QED) is 0.481. The van der Waals surface area contributed by atoms with Crippen LogP contribution < -0.4 is 10.1 Å². The maximum absolute atomic E-state index is 11.5. The monoisotopic (exact) mass is 437 g/mol. The van der Waals surface area contributed by atoms with E-state index >= 15 is 0 Å². The topological polar surface area (TPSA) is 71.0 Å². The van der Waals surface area contributed by atoms with E-state index in [-0.39, 0.29) is 0 Å². The van der Waals surface area contributed by atoms with Gasteiger partial charge in [-0.2, -0.15) is 0 Å². The van der Waals surface area contributed by atoms with Gasteiger partial charge in [0.15, 0.2) is 15.8 Å². The van der Waals surface area contributed by atoms with Crippen LogP contribution in [0.4, 0.5) is 0 Å². The lowest BCUT2D eigenvalue weighted by molar-refractivity contribution is 0.281. The molecule has 2 aromatic carbocycles. The number of likely N-dealkylation sites (N-methyl/N-ethyl adjacent to an activating group) is 1. The second kappa shape index (κ2) is 11.1. The molecular formula is C21H28ClN3O3S. The largest absolute Gasteiger partial charge is 0.492 e.